The molecule has 0 aromatic heterocycles. The van der Waals surface area contributed by atoms with Gasteiger partial charge in [-0.1, -0.05) is 0 Å². The van der Waals surface area contributed by atoms with E-state index in [0.29, 0.717) is 5.88 Å². The molecular weight excluding hydrogens is 178 g/mol. The van der Waals surface area contributed by atoms with Crippen molar-refractivity contribution in [2.24, 2.45) is 0 Å². The molecule has 3 nitrogen and oxygen atoms in total. The average Bonchev–Trinajstić information content (AvgIpc) is 1.82. The van der Waals surface area contributed by atoms with Gasteiger partial charge in [0, 0.05) is 11.9 Å². The Morgan fingerprint density at radius 1 is 1.58 bits per heavy atom. The lowest BCUT2D eigenvalue weighted by Crippen LogP contribution is -2.38. The van der Waals surface area contributed by atoms with Crippen LogP contribution < -0.4 is 5.32 Å². The Labute approximate surface area is 78.4 Å². The van der Waals surface area contributed by atoms with E-state index in [1.165, 1.54) is 0 Å². The molecule has 0 fully saturated rings. The third-order valence-corrected chi connectivity index (χ3v) is 1.46. The molecule has 4 heteroatoms. The molecule has 1 amide bonds. The van der Waals surface area contributed by atoms with Crippen LogP contribution in [0, 0.1) is 0 Å². The average molecular weight is 194 g/mol. The molecule has 0 aliphatic rings. The zero-order valence-electron chi connectivity index (χ0n) is 7.98. The van der Waals surface area contributed by atoms with Crippen molar-refractivity contribution in [1.82, 2.24) is 5.32 Å². The Kier molecular flexibility index (Phi) is 4.39. The van der Waals surface area contributed by atoms with Crippen LogP contribution in [-0.2, 0) is 4.74 Å². The molecule has 0 saturated carbocycles. The van der Waals surface area contributed by atoms with Gasteiger partial charge in [0.15, 0.2) is 0 Å². The van der Waals surface area contributed by atoms with E-state index in [2.05, 4.69) is 5.32 Å². The minimum Gasteiger partial charge on any atom is -0.444 e. The minimum atomic E-state index is -0.448. The summed E-state index contributed by atoms with van der Waals surface area (Å²) in [6, 6.07) is -0.0542. The van der Waals surface area contributed by atoms with Crippen molar-refractivity contribution in [1.29, 1.82) is 0 Å². The maximum Gasteiger partial charge on any atom is 0.407 e. The van der Waals surface area contributed by atoms with Crippen LogP contribution in [0.25, 0.3) is 0 Å². The molecular formula is C8H16ClNO2. The van der Waals surface area contributed by atoms with E-state index in [9.17, 15) is 4.79 Å². The van der Waals surface area contributed by atoms with Crippen LogP contribution in [0.2, 0.25) is 0 Å². The van der Waals surface area contributed by atoms with Crippen LogP contribution in [-0.4, -0.2) is 23.6 Å². The predicted octanol–water partition coefficient (Wildman–Crippen LogP) is 2.14. The van der Waals surface area contributed by atoms with Crippen molar-refractivity contribution < 1.29 is 9.53 Å². The predicted molar refractivity (Wildman–Crippen MR) is 49.6 cm³/mol. The lowest BCUT2D eigenvalue weighted by molar-refractivity contribution is 0.0513. The highest BCUT2D eigenvalue weighted by atomic mass is 35.5. The SMILES string of the molecule is C[C@H](CCl)NC(=O)OC(C)(C)C. The molecule has 12 heavy (non-hydrogen) atoms. The van der Waals surface area contributed by atoms with E-state index < -0.39 is 11.7 Å². The summed E-state index contributed by atoms with van der Waals surface area (Å²) in [5.41, 5.74) is -0.448. The van der Waals surface area contributed by atoms with Gasteiger partial charge in [0.25, 0.3) is 0 Å². The summed E-state index contributed by atoms with van der Waals surface area (Å²) < 4.78 is 5.00. The van der Waals surface area contributed by atoms with E-state index >= 15 is 0 Å². The zero-order chi connectivity index (χ0) is 9.78. The number of hydrogen-bond acceptors (Lipinski definition) is 2. The summed E-state index contributed by atoms with van der Waals surface area (Å²) >= 11 is 5.50. The first-order valence-corrected chi connectivity index (χ1v) is 4.44. The van der Waals surface area contributed by atoms with Gasteiger partial charge in [-0.25, -0.2) is 4.79 Å². The van der Waals surface area contributed by atoms with Crippen LogP contribution in [0.15, 0.2) is 0 Å². The molecule has 0 aliphatic carbocycles. The Balaban J connectivity index is 3.75. The Morgan fingerprint density at radius 2 is 2.08 bits per heavy atom. The first-order chi connectivity index (χ1) is 5.35. The number of alkyl halides is 1. The first-order valence-electron chi connectivity index (χ1n) is 3.90. The van der Waals surface area contributed by atoms with E-state index in [-0.39, 0.29) is 6.04 Å². The second kappa shape index (κ2) is 4.55. The summed E-state index contributed by atoms with van der Waals surface area (Å²) in [6.07, 6.45) is -0.421. The normalized spacial score (nSPS) is 13.8. The summed E-state index contributed by atoms with van der Waals surface area (Å²) in [5.74, 6) is 0.388. The van der Waals surface area contributed by atoms with E-state index in [1.807, 2.05) is 27.7 Å². The molecule has 0 unspecified atom stereocenters. The lowest BCUT2D eigenvalue weighted by Gasteiger charge is -2.21. The van der Waals surface area contributed by atoms with Crippen LogP contribution >= 0.6 is 11.6 Å². The highest BCUT2D eigenvalue weighted by Gasteiger charge is 2.16. The van der Waals surface area contributed by atoms with E-state index in [0.717, 1.165) is 0 Å². The second-order valence-electron chi connectivity index (χ2n) is 3.70. The number of nitrogens with one attached hydrogen (secondary N) is 1. The van der Waals surface area contributed by atoms with Gasteiger partial charge in [0.05, 0.1) is 0 Å². The van der Waals surface area contributed by atoms with Gasteiger partial charge in [0.1, 0.15) is 5.60 Å². The summed E-state index contributed by atoms with van der Waals surface area (Å²) in [7, 11) is 0. The number of carbonyl (C=O) groups excluding carboxylic acids is 1. The monoisotopic (exact) mass is 193 g/mol. The van der Waals surface area contributed by atoms with Crippen molar-refractivity contribution >= 4 is 17.7 Å². The quantitative estimate of drug-likeness (QED) is 0.683. The number of carbonyl (C=O) groups is 1. The van der Waals surface area contributed by atoms with Crippen molar-refractivity contribution in [3.63, 3.8) is 0 Å². The van der Waals surface area contributed by atoms with Gasteiger partial charge in [-0.3, -0.25) is 0 Å². The molecule has 0 bridgehead atoms. The highest BCUT2D eigenvalue weighted by Crippen LogP contribution is 2.06. The Hall–Kier alpha value is -0.440. The number of ether oxygens (including phenoxy) is 1. The Bertz CT molecular complexity index is 154. The molecule has 1 N–H and O–H groups in total. The largest absolute Gasteiger partial charge is 0.444 e. The number of rotatable bonds is 2. The smallest absolute Gasteiger partial charge is 0.407 e. The molecule has 0 aromatic carbocycles. The number of hydrogen-bond donors (Lipinski definition) is 1. The van der Waals surface area contributed by atoms with Crippen molar-refractivity contribution in [2.45, 2.75) is 39.3 Å². The third-order valence-electron chi connectivity index (χ3n) is 0.995. The maximum atomic E-state index is 11.0. The van der Waals surface area contributed by atoms with Crippen molar-refractivity contribution in [2.75, 3.05) is 5.88 Å². The molecule has 1 atom stereocenters. The molecule has 0 aromatic rings. The topological polar surface area (TPSA) is 38.3 Å². The third kappa shape index (κ3) is 6.28. The van der Waals surface area contributed by atoms with Crippen LogP contribution in [0.4, 0.5) is 4.79 Å². The van der Waals surface area contributed by atoms with Gasteiger partial charge in [-0.05, 0) is 27.7 Å². The maximum absolute atomic E-state index is 11.0. The fraction of sp³-hybridized carbons (Fsp3) is 0.875. The van der Waals surface area contributed by atoms with Crippen molar-refractivity contribution in [3.05, 3.63) is 0 Å². The van der Waals surface area contributed by atoms with E-state index in [4.69, 9.17) is 16.3 Å². The number of halogens is 1. The van der Waals surface area contributed by atoms with Crippen LogP contribution in [0.1, 0.15) is 27.7 Å². The van der Waals surface area contributed by atoms with E-state index in [1.54, 1.807) is 0 Å². The number of amides is 1. The molecule has 0 rings (SSSR count). The van der Waals surface area contributed by atoms with Crippen LogP contribution in [0.5, 0.6) is 0 Å². The van der Waals surface area contributed by atoms with Gasteiger partial charge in [-0.2, -0.15) is 0 Å². The molecule has 0 spiro atoms. The summed E-state index contributed by atoms with van der Waals surface area (Å²) in [4.78, 5) is 11.0. The van der Waals surface area contributed by atoms with Gasteiger partial charge in [0.2, 0.25) is 0 Å². The standard InChI is InChI=1S/C8H16ClNO2/c1-6(5-9)10-7(11)12-8(2,3)4/h6H,5H2,1-4H3,(H,10,11)/t6-/m1/s1. The Morgan fingerprint density at radius 3 is 2.42 bits per heavy atom. The van der Waals surface area contributed by atoms with Crippen molar-refractivity contribution in [3.8, 4) is 0 Å². The molecule has 0 heterocycles. The summed E-state index contributed by atoms with van der Waals surface area (Å²) in [6.45, 7) is 7.27. The summed E-state index contributed by atoms with van der Waals surface area (Å²) in [5, 5.41) is 2.59. The first kappa shape index (κ1) is 11.6. The zero-order valence-corrected chi connectivity index (χ0v) is 8.73. The second-order valence-corrected chi connectivity index (χ2v) is 4.01. The van der Waals surface area contributed by atoms with Gasteiger partial charge < -0.3 is 10.1 Å². The molecule has 0 aliphatic heterocycles. The fourth-order valence-electron chi connectivity index (χ4n) is 0.547. The lowest BCUT2D eigenvalue weighted by atomic mass is 10.2. The van der Waals surface area contributed by atoms with Gasteiger partial charge in [-0.15, -0.1) is 11.6 Å². The number of alkyl carbamates (subject to hydrolysis) is 1. The van der Waals surface area contributed by atoms with Crippen LogP contribution in [0.3, 0.4) is 0 Å². The minimum absolute atomic E-state index is 0.0542. The molecule has 72 valence electrons. The highest BCUT2D eigenvalue weighted by molar-refractivity contribution is 6.18. The molecule has 0 radical (unpaired) electrons. The molecule has 0 saturated heterocycles. The van der Waals surface area contributed by atoms with Gasteiger partial charge >= 0.3 is 6.09 Å². The fourth-order valence-corrected chi connectivity index (χ4v) is 0.624.